The van der Waals surface area contributed by atoms with Crippen LogP contribution in [0.5, 0.6) is 5.75 Å². The van der Waals surface area contributed by atoms with Crippen molar-refractivity contribution >= 4 is 33.4 Å². The summed E-state index contributed by atoms with van der Waals surface area (Å²) < 4.78 is 29.7. The molecule has 0 aromatic heterocycles. The number of sulfonamides is 1. The Morgan fingerprint density at radius 1 is 1.15 bits per heavy atom. The van der Waals surface area contributed by atoms with Gasteiger partial charge in [0.2, 0.25) is 10.0 Å². The van der Waals surface area contributed by atoms with Gasteiger partial charge >= 0.3 is 0 Å². The van der Waals surface area contributed by atoms with Crippen molar-refractivity contribution in [3.05, 3.63) is 54.1 Å². The normalized spacial score (nSPS) is 12.3. The van der Waals surface area contributed by atoms with Gasteiger partial charge in [-0.15, -0.1) is 11.8 Å². The lowest BCUT2D eigenvalue weighted by molar-refractivity contribution is -0.123. The number of carbonyl (C=O) groups is 1. The third-order valence-electron chi connectivity index (χ3n) is 4.06. The minimum atomic E-state index is -3.31. The summed E-state index contributed by atoms with van der Waals surface area (Å²) in [4.78, 5) is 13.3. The first kappa shape index (κ1) is 21.1. The molecule has 1 N–H and O–H groups in total. The minimum absolute atomic E-state index is 0.117. The van der Waals surface area contributed by atoms with Crippen LogP contribution in [0.4, 0.5) is 5.69 Å². The minimum Gasteiger partial charge on any atom is -0.484 e. The average Bonchev–Trinajstić information content (AvgIpc) is 2.65. The number of rotatable bonds is 8. The van der Waals surface area contributed by atoms with Crippen molar-refractivity contribution in [2.24, 2.45) is 0 Å². The molecular weight excluding hydrogens is 384 g/mol. The Kier molecular flexibility index (Phi) is 7.15. The molecule has 0 aliphatic rings. The second-order valence-corrected chi connectivity index (χ2v) is 8.97. The SMILES string of the molecule is CSc1ccc([C@@H](C)NC(=O)COc2ccc(N(C)S(C)(=O)=O)cc2)cc1. The van der Waals surface area contributed by atoms with Gasteiger partial charge in [0.1, 0.15) is 5.75 Å². The van der Waals surface area contributed by atoms with Crippen molar-refractivity contribution in [3.63, 3.8) is 0 Å². The predicted molar refractivity (Wildman–Crippen MR) is 110 cm³/mol. The highest BCUT2D eigenvalue weighted by molar-refractivity contribution is 7.98. The third-order valence-corrected chi connectivity index (χ3v) is 6.01. The molecule has 2 rings (SSSR count). The van der Waals surface area contributed by atoms with E-state index in [1.165, 1.54) is 16.2 Å². The van der Waals surface area contributed by atoms with Crippen molar-refractivity contribution in [2.45, 2.75) is 17.9 Å². The third kappa shape index (κ3) is 6.18. The summed E-state index contributed by atoms with van der Waals surface area (Å²) in [6.07, 6.45) is 3.15. The van der Waals surface area contributed by atoms with Crippen LogP contribution in [0.25, 0.3) is 0 Å². The molecule has 27 heavy (non-hydrogen) atoms. The Morgan fingerprint density at radius 3 is 2.26 bits per heavy atom. The fourth-order valence-electron chi connectivity index (χ4n) is 2.35. The van der Waals surface area contributed by atoms with Gasteiger partial charge in [-0.1, -0.05) is 12.1 Å². The summed E-state index contributed by atoms with van der Waals surface area (Å²) in [5, 5.41) is 2.90. The van der Waals surface area contributed by atoms with Gasteiger partial charge in [0.15, 0.2) is 6.61 Å². The van der Waals surface area contributed by atoms with Crippen molar-refractivity contribution in [2.75, 3.05) is 30.5 Å². The van der Waals surface area contributed by atoms with Crippen LogP contribution in [-0.4, -0.2) is 40.5 Å². The molecule has 0 unspecified atom stereocenters. The molecule has 6 nitrogen and oxygen atoms in total. The first-order valence-electron chi connectivity index (χ1n) is 8.31. The van der Waals surface area contributed by atoms with Crippen LogP contribution in [0.1, 0.15) is 18.5 Å². The zero-order chi connectivity index (χ0) is 20.0. The molecule has 2 aromatic rings. The maximum Gasteiger partial charge on any atom is 0.258 e. The Balaban J connectivity index is 1.87. The van der Waals surface area contributed by atoms with Gasteiger partial charge in [-0.2, -0.15) is 0 Å². The summed E-state index contributed by atoms with van der Waals surface area (Å²) in [5.41, 5.74) is 1.55. The lowest BCUT2D eigenvalue weighted by Crippen LogP contribution is -2.31. The van der Waals surface area contributed by atoms with Crippen molar-refractivity contribution in [1.29, 1.82) is 0 Å². The maximum atomic E-state index is 12.1. The molecule has 0 spiro atoms. The number of anilines is 1. The standard InChI is InChI=1S/C19H24N2O4S2/c1-14(15-5-11-18(26-3)12-6-15)20-19(22)13-25-17-9-7-16(8-10-17)21(2)27(4,23)24/h5-12,14H,13H2,1-4H3,(H,20,22)/t14-/m1/s1. The number of hydrogen-bond acceptors (Lipinski definition) is 5. The molecular formula is C19H24N2O4S2. The zero-order valence-corrected chi connectivity index (χ0v) is 17.4. The van der Waals surface area contributed by atoms with Crippen LogP contribution in [0.2, 0.25) is 0 Å². The van der Waals surface area contributed by atoms with E-state index in [-0.39, 0.29) is 18.6 Å². The summed E-state index contributed by atoms with van der Waals surface area (Å²) in [6, 6.07) is 14.4. The number of amides is 1. The second-order valence-electron chi connectivity index (χ2n) is 6.08. The average molecular weight is 409 g/mol. The predicted octanol–water partition coefficient (Wildman–Crippen LogP) is 3.06. The van der Waals surface area contributed by atoms with E-state index >= 15 is 0 Å². The van der Waals surface area contributed by atoms with Crippen LogP contribution in [0.3, 0.4) is 0 Å². The number of nitrogens with zero attached hydrogens (tertiary/aromatic N) is 1. The van der Waals surface area contributed by atoms with Gasteiger partial charge < -0.3 is 10.1 Å². The summed E-state index contributed by atoms with van der Waals surface area (Å²) in [5.74, 6) is 0.265. The molecule has 0 aliphatic heterocycles. The van der Waals surface area contributed by atoms with Crippen LogP contribution in [0, 0.1) is 0 Å². The van der Waals surface area contributed by atoms with Gasteiger partial charge in [-0.25, -0.2) is 8.42 Å². The molecule has 2 aromatic carbocycles. The van der Waals surface area contributed by atoms with Crippen LogP contribution >= 0.6 is 11.8 Å². The topological polar surface area (TPSA) is 75.7 Å². The van der Waals surface area contributed by atoms with E-state index in [9.17, 15) is 13.2 Å². The molecule has 8 heteroatoms. The molecule has 0 saturated carbocycles. The first-order valence-corrected chi connectivity index (χ1v) is 11.4. The summed E-state index contributed by atoms with van der Waals surface area (Å²) in [6.45, 7) is 1.80. The van der Waals surface area contributed by atoms with E-state index in [0.29, 0.717) is 11.4 Å². The van der Waals surface area contributed by atoms with E-state index in [0.717, 1.165) is 11.8 Å². The maximum absolute atomic E-state index is 12.1. The molecule has 1 amide bonds. The first-order chi connectivity index (χ1) is 12.7. The Hall–Kier alpha value is -2.19. The largest absolute Gasteiger partial charge is 0.484 e. The molecule has 0 heterocycles. The molecule has 0 aliphatic carbocycles. The Labute approximate surface area is 165 Å². The second kappa shape index (κ2) is 9.14. The number of thioether (sulfide) groups is 1. The van der Waals surface area contributed by atoms with E-state index in [1.54, 1.807) is 36.0 Å². The molecule has 0 radical (unpaired) electrons. The molecule has 1 atom stereocenters. The zero-order valence-electron chi connectivity index (χ0n) is 15.8. The highest BCUT2D eigenvalue weighted by Crippen LogP contribution is 2.21. The van der Waals surface area contributed by atoms with Crippen molar-refractivity contribution in [3.8, 4) is 5.75 Å². The summed E-state index contributed by atoms with van der Waals surface area (Å²) in [7, 11) is -1.83. The van der Waals surface area contributed by atoms with Gasteiger partial charge in [-0.05, 0) is 55.1 Å². The molecule has 0 saturated heterocycles. The number of hydrogen-bond donors (Lipinski definition) is 1. The Bertz CT molecular complexity index is 866. The molecule has 0 bridgehead atoms. The smallest absolute Gasteiger partial charge is 0.258 e. The number of benzene rings is 2. The van der Waals surface area contributed by atoms with Crippen molar-refractivity contribution in [1.82, 2.24) is 5.32 Å². The summed E-state index contributed by atoms with van der Waals surface area (Å²) >= 11 is 1.67. The van der Waals surface area contributed by atoms with Crippen LogP contribution < -0.4 is 14.4 Å². The number of ether oxygens (including phenoxy) is 1. The van der Waals surface area contributed by atoms with Crippen LogP contribution in [-0.2, 0) is 14.8 Å². The lowest BCUT2D eigenvalue weighted by atomic mass is 10.1. The molecule has 0 fully saturated rings. The Morgan fingerprint density at radius 2 is 1.74 bits per heavy atom. The highest BCUT2D eigenvalue weighted by Gasteiger charge is 2.13. The van der Waals surface area contributed by atoms with E-state index in [4.69, 9.17) is 4.74 Å². The number of nitrogens with one attached hydrogen (secondary N) is 1. The van der Waals surface area contributed by atoms with Gasteiger partial charge in [0.05, 0.1) is 18.0 Å². The van der Waals surface area contributed by atoms with Gasteiger partial charge in [0, 0.05) is 11.9 Å². The van der Waals surface area contributed by atoms with Gasteiger partial charge in [0.25, 0.3) is 5.91 Å². The van der Waals surface area contributed by atoms with Gasteiger partial charge in [-0.3, -0.25) is 9.10 Å². The van der Waals surface area contributed by atoms with E-state index in [2.05, 4.69) is 5.32 Å². The fraction of sp³-hybridized carbons (Fsp3) is 0.316. The van der Waals surface area contributed by atoms with Crippen molar-refractivity contribution < 1.29 is 17.9 Å². The molecule has 146 valence electrons. The van der Waals surface area contributed by atoms with E-state index < -0.39 is 10.0 Å². The fourth-order valence-corrected chi connectivity index (χ4v) is 3.26. The highest BCUT2D eigenvalue weighted by atomic mass is 32.2. The van der Waals surface area contributed by atoms with E-state index in [1.807, 2.05) is 37.4 Å². The quantitative estimate of drug-likeness (QED) is 0.680. The monoisotopic (exact) mass is 408 g/mol. The number of carbonyl (C=O) groups excluding carboxylic acids is 1. The lowest BCUT2D eigenvalue weighted by Gasteiger charge is -2.17. The van der Waals surface area contributed by atoms with Crippen LogP contribution in [0.15, 0.2) is 53.4 Å².